The van der Waals surface area contributed by atoms with Gasteiger partial charge in [-0.15, -0.1) is 0 Å². The number of rotatable bonds is 8. The van der Waals surface area contributed by atoms with Crippen molar-refractivity contribution in [2.75, 3.05) is 26.7 Å². The van der Waals surface area contributed by atoms with E-state index < -0.39 is 0 Å². The van der Waals surface area contributed by atoms with Crippen molar-refractivity contribution in [3.05, 3.63) is 24.2 Å². The van der Waals surface area contributed by atoms with Crippen molar-refractivity contribution < 1.29 is 23.5 Å². The van der Waals surface area contributed by atoms with Gasteiger partial charge in [-0.3, -0.25) is 14.4 Å². The lowest BCUT2D eigenvalue weighted by atomic mass is 10.3. The number of esters is 1. The van der Waals surface area contributed by atoms with Gasteiger partial charge in [0.25, 0.3) is 5.91 Å². The molecular formula is C14H20N2O5. The molecule has 116 valence electrons. The molecule has 1 aromatic heterocycles. The Morgan fingerprint density at radius 1 is 1.38 bits per heavy atom. The maximum Gasteiger partial charge on any atom is 0.305 e. The predicted octanol–water partition coefficient (Wildman–Crippen LogP) is 0.811. The third-order valence-electron chi connectivity index (χ3n) is 2.64. The maximum absolute atomic E-state index is 11.8. The predicted molar refractivity (Wildman–Crippen MR) is 74.5 cm³/mol. The Kier molecular flexibility index (Phi) is 7.00. The molecule has 0 aliphatic carbocycles. The van der Waals surface area contributed by atoms with E-state index in [1.807, 2.05) is 0 Å². The number of amides is 2. The maximum atomic E-state index is 11.8. The van der Waals surface area contributed by atoms with E-state index in [0.717, 1.165) is 0 Å². The van der Waals surface area contributed by atoms with Gasteiger partial charge in [0, 0.05) is 20.0 Å². The van der Waals surface area contributed by atoms with Crippen molar-refractivity contribution in [2.24, 2.45) is 0 Å². The zero-order valence-electron chi connectivity index (χ0n) is 12.3. The molecule has 21 heavy (non-hydrogen) atoms. The number of ether oxygens (including phenoxy) is 1. The third kappa shape index (κ3) is 6.11. The zero-order valence-corrected chi connectivity index (χ0v) is 12.3. The molecule has 0 bridgehead atoms. The highest BCUT2D eigenvalue weighted by molar-refractivity contribution is 5.94. The molecule has 0 saturated heterocycles. The molecule has 1 aromatic rings. The van der Waals surface area contributed by atoms with Crippen LogP contribution in [0.3, 0.4) is 0 Å². The second-order valence-electron chi connectivity index (χ2n) is 4.40. The van der Waals surface area contributed by atoms with E-state index in [2.05, 4.69) is 5.32 Å². The van der Waals surface area contributed by atoms with E-state index in [4.69, 9.17) is 9.15 Å². The number of carbonyl (C=O) groups is 3. The van der Waals surface area contributed by atoms with Crippen LogP contribution in [0.5, 0.6) is 0 Å². The minimum Gasteiger partial charge on any atom is -0.466 e. The minimum atomic E-state index is -0.360. The Morgan fingerprint density at radius 3 is 2.76 bits per heavy atom. The number of hydrogen-bond donors (Lipinski definition) is 1. The van der Waals surface area contributed by atoms with Gasteiger partial charge in [0.05, 0.1) is 19.4 Å². The molecule has 7 heteroatoms. The van der Waals surface area contributed by atoms with E-state index in [1.165, 1.54) is 24.3 Å². The average Bonchev–Trinajstić information content (AvgIpc) is 2.97. The first-order chi connectivity index (χ1) is 10.0. The summed E-state index contributed by atoms with van der Waals surface area (Å²) in [7, 11) is 1.52. The average molecular weight is 296 g/mol. The lowest BCUT2D eigenvalue weighted by Gasteiger charge is -2.15. The molecule has 0 aliphatic heterocycles. The summed E-state index contributed by atoms with van der Waals surface area (Å²) >= 11 is 0. The van der Waals surface area contributed by atoms with Gasteiger partial charge in [-0.25, -0.2) is 0 Å². The van der Waals surface area contributed by atoms with E-state index in [-0.39, 0.29) is 36.5 Å². The van der Waals surface area contributed by atoms with Gasteiger partial charge < -0.3 is 19.4 Å². The Balaban J connectivity index is 2.21. The molecule has 0 aromatic carbocycles. The van der Waals surface area contributed by atoms with E-state index >= 15 is 0 Å². The highest BCUT2D eigenvalue weighted by Crippen LogP contribution is 2.03. The van der Waals surface area contributed by atoms with Crippen molar-refractivity contribution in [3.8, 4) is 0 Å². The molecule has 1 N–H and O–H groups in total. The molecule has 0 saturated carbocycles. The number of likely N-dealkylation sites (N-methyl/N-ethyl adjacent to an activating group) is 1. The first-order valence-electron chi connectivity index (χ1n) is 6.76. The van der Waals surface area contributed by atoms with Gasteiger partial charge in [0.2, 0.25) is 5.91 Å². The quantitative estimate of drug-likeness (QED) is 0.566. The fraction of sp³-hybridized carbons (Fsp3) is 0.500. The van der Waals surface area contributed by atoms with Crippen LogP contribution in [0.15, 0.2) is 22.8 Å². The molecule has 2 amide bonds. The lowest BCUT2D eigenvalue weighted by Crippen LogP contribution is -2.38. The van der Waals surface area contributed by atoms with Crippen LogP contribution < -0.4 is 5.32 Å². The standard InChI is InChI=1S/C14H20N2O5/c1-3-20-13(18)7-4-8-15-12(17)10-16(2)14(19)11-6-5-9-21-11/h5-6,9H,3-4,7-8,10H2,1-2H3,(H,15,17). The minimum absolute atomic E-state index is 0.0705. The second kappa shape index (κ2) is 8.78. The van der Waals surface area contributed by atoms with Crippen molar-refractivity contribution in [2.45, 2.75) is 19.8 Å². The van der Waals surface area contributed by atoms with Crippen molar-refractivity contribution in [1.29, 1.82) is 0 Å². The highest BCUT2D eigenvalue weighted by Gasteiger charge is 2.16. The normalized spacial score (nSPS) is 10.0. The summed E-state index contributed by atoms with van der Waals surface area (Å²) < 4.78 is 9.74. The van der Waals surface area contributed by atoms with Crippen molar-refractivity contribution in [1.82, 2.24) is 10.2 Å². The van der Waals surface area contributed by atoms with Gasteiger partial charge in [0.1, 0.15) is 0 Å². The summed E-state index contributed by atoms with van der Waals surface area (Å²) in [4.78, 5) is 35.8. The van der Waals surface area contributed by atoms with Crippen LogP contribution in [-0.4, -0.2) is 49.4 Å². The second-order valence-corrected chi connectivity index (χ2v) is 4.40. The van der Waals surface area contributed by atoms with Crippen molar-refractivity contribution >= 4 is 17.8 Å². The fourth-order valence-corrected chi connectivity index (χ4v) is 1.63. The van der Waals surface area contributed by atoms with Crippen LogP contribution in [-0.2, 0) is 14.3 Å². The lowest BCUT2D eigenvalue weighted by molar-refractivity contribution is -0.143. The topological polar surface area (TPSA) is 88.9 Å². The molecule has 0 aliphatic rings. The molecule has 1 heterocycles. The van der Waals surface area contributed by atoms with E-state index in [1.54, 1.807) is 13.0 Å². The molecule has 0 atom stereocenters. The summed E-state index contributed by atoms with van der Waals surface area (Å²) in [5.41, 5.74) is 0. The van der Waals surface area contributed by atoms with Crippen LogP contribution in [0.1, 0.15) is 30.3 Å². The van der Waals surface area contributed by atoms with Gasteiger partial charge in [-0.1, -0.05) is 0 Å². The van der Waals surface area contributed by atoms with Gasteiger partial charge in [-0.05, 0) is 25.5 Å². The number of hydrogen-bond acceptors (Lipinski definition) is 5. The van der Waals surface area contributed by atoms with E-state index in [0.29, 0.717) is 19.6 Å². The summed E-state index contributed by atoms with van der Waals surface area (Å²) in [5.74, 6) is -0.743. The smallest absolute Gasteiger partial charge is 0.305 e. The molecule has 0 fully saturated rings. The fourth-order valence-electron chi connectivity index (χ4n) is 1.63. The summed E-state index contributed by atoms with van der Waals surface area (Å²) in [6, 6.07) is 3.15. The monoisotopic (exact) mass is 296 g/mol. The molecule has 7 nitrogen and oxygen atoms in total. The molecule has 0 unspecified atom stereocenters. The Labute approximate surface area is 123 Å². The van der Waals surface area contributed by atoms with Gasteiger partial charge >= 0.3 is 5.97 Å². The number of furan rings is 1. The van der Waals surface area contributed by atoms with Crippen LogP contribution in [0.25, 0.3) is 0 Å². The molecular weight excluding hydrogens is 276 g/mol. The molecule has 1 rings (SSSR count). The van der Waals surface area contributed by atoms with E-state index in [9.17, 15) is 14.4 Å². The SMILES string of the molecule is CCOC(=O)CCCNC(=O)CN(C)C(=O)c1ccco1. The van der Waals surface area contributed by atoms with Crippen LogP contribution >= 0.6 is 0 Å². The number of nitrogens with one attached hydrogen (secondary N) is 1. The first kappa shape index (κ1) is 16.7. The first-order valence-corrected chi connectivity index (χ1v) is 6.76. The molecule has 0 radical (unpaired) electrons. The largest absolute Gasteiger partial charge is 0.466 e. The highest BCUT2D eigenvalue weighted by atomic mass is 16.5. The summed E-state index contributed by atoms with van der Waals surface area (Å²) in [5, 5.41) is 2.64. The summed E-state index contributed by atoms with van der Waals surface area (Å²) in [6.07, 6.45) is 2.16. The van der Waals surface area contributed by atoms with Gasteiger partial charge in [-0.2, -0.15) is 0 Å². The van der Waals surface area contributed by atoms with Gasteiger partial charge in [0.15, 0.2) is 5.76 Å². The van der Waals surface area contributed by atoms with Crippen LogP contribution in [0.2, 0.25) is 0 Å². The summed E-state index contributed by atoms with van der Waals surface area (Å²) in [6.45, 7) is 2.38. The Bertz CT molecular complexity index is 470. The Hall–Kier alpha value is -2.31. The van der Waals surface area contributed by atoms with Crippen LogP contribution in [0, 0.1) is 0 Å². The Morgan fingerprint density at radius 2 is 2.14 bits per heavy atom. The number of nitrogens with zero attached hydrogens (tertiary/aromatic N) is 1. The van der Waals surface area contributed by atoms with Crippen LogP contribution in [0.4, 0.5) is 0 Å². The third-order valence-corrected chi connectivity index (χ3v) is 2.64. The zero-order chi connectivity index (χ0) is 15.7. The number of carbonyl (C=O) groups excluding carboxylic acids is 3. The van der Waals surface area contributed by atoms with Crippen molar-refractivity contribution in [3.63, 3.8) is 0 Å². The molecule has 0 spiro atoms.